The van der Waals surface area contributed by atoms with Crippen molar-refractivity contribution in [3.63, 3.8) is 0 Å². The summed E-state index contributed by atoms with van der Waals surface area (Å²) in [6, 6.07) is 11.5. The average molecular weight is 359 g/mol. The number of rotatable bonds is 5. The van der Waals surface area contributed by atoms with E-state index in [1.54, 1.807) is 44.4 Å². The molecule has 0 aliphatic carbocycles. The highest BCUT2D eigenvalue weighted by Crippen LogP contribution is 2.37. The van der Waals surface area contributed by atoms with Crippen molar-refractivity contribution < 1.29 is 19.0 Å². The molecule has 2 aromatic carbocycles. The fraction of sp³-hybridized carbons (Fsp3) is 0.211. The Balaban J connectivity index is 1.97. The van der Waals surface area contributed by atoms with Crippen LogP contribution in [0.3, 0.4) is 0 Å². The second kappa shape index (κ2) is 6.82. The smallest absolute Gasteiger partial charge is 0.138 e. The molecule has 0 aliphatic rings. The Hall–Kier alpha value is -2.44. The predicted molar refractivity (Wildman–Crippen MR) is 95.7 cm³/mol. The van der Waals surface area contributed by atoms with Crippen LogP contribution in [-0.2, 0) is 5.60 Å². The van der Waals surface area contributed by atoms with Crippen molar-refractivity contribution in [3.05, 3.63) is 64.2 Å². The molecule has 0 aliphatic heterocycles. The molecule has 0 bridgehead atoms. The van der Waals surface area contributed by atoms with Crippen LogP contribution in [0, 0.1) is 5.82 Å². The maximum Gasteiger partial charge on any atom is 0.138 e. The van der Waals surface area contributed by atoms with Gasteiger partial charge in [0.25, 0.3) is 0 Å². The first-order chi connectivity index (χ1) is 12.0. The highest BCUT2D eigenvalue weighted by Gasteiger charge is 2.29. The molecular weight excluding hydrogens is 341 g/mol. The Morgan fingerprint density at radius 1 is 1.08 bits per heavy atom. The van der Waals surface area contributed by atoms with Crippen molar-refractivity contribution in [2.75, 3.05) is 14.2 Å². The summed E-state index contributed by atoms with van der Waals surface area (Å²) in [5, 5.41) is 13.3. The fourth-order valence-corrected chi connectivity index (χ4v) is 3.44. The molecule has 3 rings (SSSR count). The van der Waals surface area contributed by atoms with E-state index < -0.39 is 5.60 Å². The first kappa shape index (κ1) is 17.4. The number of methoxy groups -OCH3 is 2. The van der Waals surface area contributed by atoms with Gasteiger partial charge in [-0.25, -0.2) is 9.37 Å². The van der Waals surface area contributed by atoms with Gasteiger partial charge < -0.3 is 14.6 Å². The third kappa shape index (κ3) is 3.36. The van der Waals surface area contributed by atoms with Crippen molar-refractivity contribution in [2.45, 2.75) is 12.5 Å². The summed E-state index contributed by atoms with van der Waals surface area (Å²) in [4.78, 5) is 4.54. The van der Waals surface area contributed by atoms with Gasteiger partial charge in [0, 0.05) is 17.0 Å². The molecule has 3 aromatic rings. The molecule has 0 saturated carbocycles. The van der Waals surface area contributed by atoms with E-state index in [0.717, 1.165) is 5.75 Å². The number of aromatic nitrogens is 1. The quantitative estimate of drug-likeness (QED) is 0.741. The standard InChI is InChI=1S/C19H18FNO3S/c1-19(22,12-4-7-14(23-2)8-5-12)18-21-16(11-25-18)15-9-6-13(20)10-17(15)24-3/h4-11,22H,1-3H3. The first-order valence-electron chi connectivity index (χ1n) is 7.62. The molecule has 0 saturated heterocycles. The molecule has 1 atom stereocenters. The SMILES string of the molecule is COc1ccc(C(C)(O)c2nc(-c3ccc(F)cc3OC)cs2)cc1. The largest absolute Gasteiger partial charge is 0.497 e. The molecule has 1 heterocycles. The maximum absolute atomic E-state index is 13.4. The number of nitrogens with zero attached hydrogens (tertiary/aromatic N) is 1. The summed E-state index contributed by atoms with van der Waals surface area (Å²) in [5.74, 6) is 0.748. The summed E-state index contributed by atoms with van der Waals surface area (Å²) in [6.07, 6.45) is 0. The Bertz CT molecular complexity index is 875. The van der Waals surface area contributed by atoms with Crippen LogP contribution < -0.4 is 9.47 Å². The highest BCUT2D eigenvalue weighted by atomic mass is 32.1. The summed E-state index contributed by atoms with van der Waals surface area (Å²) >= 11 is 1.34. The topological polar surface area (TPSA) is 51.6 Å². The van der Waals surface area contributed by atoms with E-state index in [1.165, 1.54) is 30.6 Å². The molecule has 130 valence electrons. The lowest BCUT2D eigenvalue weighted by molar-refractivity contribution is 0.102. The third-order valence-corrected chi connectivity index (χ3v) is 5.07. The van der Waals surface area contributed by atoms with Crippen LogP contribution in [0.2, 0.25) is 0 Å². The number of thiazole rings is 1. The molecule has 0 radical (unpaired) electrons. The van der Waals surface area contributed by atoms with Crippen LogP contribution in [0.25, 0.3) is 11.3 Å². The molecule has 1 unspecified atom stereocenters. The minimum Gasteiger partial charge on any atom is -0.497 e. The van der Waals surface area contributed by atoms with E-state index >= 15 is 0 Å². The minimum atomic E-state index is -1.25. The predicted octanol–water partition coefficient (Wildman–Crippen LogP) is 4.22. The van der Waals surface area contributed by atoms with Gasteiger partial charge in [0.15, 0.2) is 0 Å². The lowest BCUT2D eigenvalue weighted by atomic mass is 9.96. The van der Waals surface area contributed by atoms with Crippen LogP contribution in [0.15, 0.2) is 47.8 Å². The molecule has 25 heavy (non-hydrogen) atoms. The minimum absolute atomic E-state index is 0.374. The van der Waals surface area contributed by atoms with Gasteiger partial charge in [-0.1, -0.05) is 12.1 Å². The number of aliphatic hydroxyl groups is 1. The monoisotopic (exact) mass is 359 g/mol. The summed E-state index contributed by atoms with van der Waals surface area (Å²) < 4.78 is 23.8. The lowest BCUT2D eigenvalue weighted by Gasteiger charge is -2.21. The summed E-state index contributed by atoms with van der Waals surface area (Å²) in [5.41, 5.74) is 0.769. The normalized spacial score (nSPS) is 13.3. The average Bonchev–Trinajstić information content (AvgIpc) is 3.12. The Morgan fingerprint density at radius 2 is 1.80 bits per heavy atom. The van der Waals surface area contributed by atoms with Crippen LogP contribution in [0.5, 0.6) is 11.5 Å². The van der Waals surface area contributed by atoms with Gasteiger partial charge in [0.05, 0.1) is 19.9 Å². The van der Waals surface area contributed by atoms with Crippen LogP contribution in [-0.4, -0.2) is 24.3 Å². The van der Waals surface area contributed by atoms with E-state index in [-0.39, 0.29) is 5.82 Å². The van der Waals surface area contributed by atoms with Gasteiger partial charge in [-0.2, -0.15) is 0 Å². The maximum atomic E-state index is 13.4. The molecule has 6 heteroatoms. The Labute approximate surface area is 149 Å². The second-order valence-corrected chi connectivity index (χ2v) is 6.54. The van der Waals surface area contributed by atoms with Gasteiger partial charge in [-0.05, 0) is 36.8 Å². The van der Waals surface area contributed by atoms with E-state index in [9.17, 15) is 9.50 Å². The second-order valence-electron chi connectivity index (χ2n) is 5.68. The van der Waals surface area contributed by atoms with E-state index in [4.69, 9.17) is 9.47 Å². The zero-order valence-electron chi connectivity index (χ0n) is 14.1. The van der Waals surface area contributed by atoms with Gasteiger partial charge in [0.1, 0.15) is 27.9 Å². The number of hydrogen-bond donors (Lipinski definition) is 1. The van der Waals surface area contributed by atoms with Crippen molar-refractivity contribution >= 4 is 11.3 Å². The molecule has 0 amide bonds. The Kier molecular flexibility index (Phi) is 4.74. The van der Waals surface area contributed by atoms with Crippen molar-refractivity contribution in [3.8, 4) is 22.8 Å². The van der Waals surface area contributed by atoms with E-state index in [1.807, 2.05) is 5.38 Å². The van der Waals surface area contributed by atoms with E-state index in [0.29, 0.717) is 27.6 Å². The number of halogens is 1. The molecule has 1 N–H and O–H groups in total. The Morgan fingerprint density at radius 3 is 2.44 bits per heavy atom. The number of hydrogen-bond acceptors (Lipinski definition) is 5. The summed E-state index contributed by atoms with van der Waals surface area (Å²) in [7, 11) is 3.08. The van der Waals surface area contributed by atoms with Gasteiger partial charge in [-0.15, -0.1) is 11.3 Å². The molecule has 0 fully saturated rings. The highest BCUT2D eigenvalue weighted by molar-refractivity contribution is 7.10. The van der Waals surface area contributed by atoms with Crippen LogP contribution in [0.1, 0.15) is 17.5 Å². The van der Waals surface area contributed by atoms with Gasteiger partial charge in [0.2, 0.25) is 0 Å². The van der Waals surface area contributed by atoms with Crippen molar-refractivity contribution in [1.29, 1.82) is 0 Å². The van der Waals surface area contributed by atoms with Gasteiger partial charge >= 0.3 is 0 Å². The van der Waals surface area contributed by atoms with Crippen LogP contribution >= 0.6 is 11.3 Å². The molecular formula is C19H18FNO3S. The first-order valence-corrected chi connectivity index (χ1v) is 8.50. The molecule has 4 nitrogen and oxygen atoms in total. The van der Waals surface area contributed by atoms with Crippen molar-refractivity contribution in [2.24, 2.45) is 0 Å². The van der Waals surface area contributed by atoms with Crippen LogP contribution in [0.4, 0.5) is 4.39 Å². The number of benzene rings is 2. The third-order valence-electron chi connectivity index (χ3n) is 4.01. The van der Waals surface area contributed by atoms with E-state index in [2.05, 4.69) is 4.98 Å². The zero-order valence-corrected chi connectivity index (χ0v) is 14.9. The molecule has 0 spiro atoms. The number of ether oxygens (including phenoxy) is 2. The lowest BCUT2D eigenvalue weighted by Crippen LogP contribution is -2.22. The fourth-order valence-electron chi connectivity index (χ4n) is 2.54. The zero-order chi connectivity index (χ0) is 18.0. The van der Waals surface area contributed by atoms with Gasteiger partial charge in [-0.3, -0.25) is 0 Å². The summed E-state index contributed by atoms with van der Waals surface area (Å²) in [6.45, 7) is 1.69. The molecule has 1 aromatic heterocycles. The van der Waals surface area contributed by atoms with Crippen molar-refractivity contribution in [1.82, 2.24) is 4.98 Å².